The van der Waals surface area contributed by atoms with Gasteiger partial charge in [-0.05, 0) is 25.0 Å². The number of carboxylic acids is 1. The average Bonchev–Trinajstić information content (AvgIpc) is 2.77. The van der Waals surface area contributed by atoms with Gasteiger partial charge in [-0.1, -0.05) is 30.9 Å². The molecule has 0 aromatic carbocycles. The molecule has 1 aliphatic carbocycles. The zero-order chi connectivity index (χ0) is 14.7. The first-order valence-electron chi connectivity index (χ1n) is 7.36. The van der Waals surface area contributed by atoms with Gasteiger partial charge in [0.15, 0.2) is 5.69 Å². The van der Waals surface area contributed by atoms with E-state index in [0.717, 1.165) is 31.2 Å². The number of aromatic carboxylic acids is 1. The summed E-state index contributed by atoms with van der Waals surface area (Å²) < 4.78 is 1.80. The number of rotatable bonds is 3. The lowest BCUT2D eigenvalue weighted by atomic mass is 10.1. The van der Waals surface area contributed by atoms with Gasteiger partial charge in [-0.3, -0.25) is 4.98 Å². The fourth-order valence-electron chi connectivity index (χ4n) is 2.97. The minimum absolute atomic E-state index is 0.00671. The third-order valence-electron chi connectivity index (χ3n) is 4.00. The van der Waals surface area contributed by atoms with Crippen molar-refractivity contribution in [3.8, 4) is 11.3 Å². The van der Waals surface area contributed by atoms with E-state index in [-0.39, 0.29) is 11.7 Å². The van der Waals surface area contributed by atoms with Crippen LogP contribution in [0.25, 0.3) is 11.3 Å². The zero-order valence-electron chi connectivity index (χ0n) is 11.8. The molecule has 1 N–H and O–H groups in total. The fourth-order valence-corrected chi connectivity index (χ4v) is 2.97. The third kappa shape index (κ3) is 2.79. The fraction of sp³-hybridized carbons (Fsp3) is 0.467. The first-order chi connectivity index (χ1) is 10.3. The molecule has 0 atom stereocenters. The van der Waals surface area contributed by atoms with E-state index in [4.69, 9.17) is 0 Å². The van der Waals surface area contributed by atoms with Crippen molar-refractivity contribution in [2.24, 2.45) is 0 Å². The molecule has 1 aliphatic rings. The second-order valence-electron chi connectivity index (χ2n) is 5.42. The summed E-state index contributed by atoms with van der Waals surface area (Å²) in [6, 6.07) is 3.87. The van der Waals surface area contributed by atoms with Crippen molar-refractivity contribution in [3.63, 3.8) is 0 Å². The van der Waals surface area contributed by atoms with Crippen LogP contribution in [0, 0.1) is 0 Å². The highest BCUT2D eigenvalue weighted by Gasteiger charge is 2.25. The van der Waals surface area contributed by atoms with Gasteiger partial charge in [-0.2, -0.15) is 0 Å². The van der Waals surface area contributed by atoms with Crippen molar-refractivity contribution in [2.45, 2.75) is 44.6 Å². The normalized spacial score (nSPS) is 16.6. The van der Waals surface area contributed by atoms with Crippen LogP contribution in [-0.4, -0.2) is 31.1 Å². The Morgan fingerprint density at radius 2 is 2.00 bits per heavy atom. The Morgan fingerprint density at radius 3 is 2.62 bits per heavy atom. The first-order valence-corrected chi connectivity index (χ1v) is 7.36. The molecular formula is C15H18N4O2. The molecule has 1 saturated carbocycles. The molecule has 0 amide bonds. The van der Waals surface area contributed by atoms with Crippen LogP contribution in [0.3, 0.4) is 0 Å². The molecule has 0 unspecified atom stereocenters. The second-order valence-corrected chi connectivity index (χ2v) is 5.42. The average molecular weight is 286 g/mol. The Labute approximate surface area is 122 Å². The minimum atomic E-state index is -1.05. The van der Waals surface area contributed by atoms with E-state index in [1.54, 1.807) is 23.1 Å². The molecule has 0 saturated heterocycles. The van der Waals surface area contributed by atoms with Crippen LogP contribution >= 0.6 is 0 Å². The standard InChI is InChI=1S/C15H18N4O2/c20-15(21)13-14(11-6-5-9-16-10-11)19(18-17-13)12-7-3-1-2-4-8-12/h5-6,9-10,12H,1-4,7-8H2,(H,20,21). The van der Waals surface area contributed by atoms with E-state index in [0.29, 0.717) is 5.69 Å². The van der Waals surface area contributed by atoms with Crippen molar-refractivity contribution < 1.29 is 9.90 Å². The molecule has 2 heterocycles. The van der Waals surface area contributed by atoms with Gasteiger partial charge in [-0.15, -0.1) is 5.10 Å². The molecule has 0 bridgehead atoms. The number of hydrogen-bond acceptors (Lipinski definition) is 4. The molecule has 2 aromatic heterocycles. The van der Waals surface area contributed by atoms with Crippen molar-refractivity contribution in [2.75, 3.05) is 0 Å². The van der Waals surface area contributed by atoms with Gasteiger partial charge in [-0.25, -0.2) is 9.48 Å². The van der Waals surface area contributed by atoms with Gasteiger partial charge in [0.05, 0.1) is 6.04 Å². The van der Waals surface area contributed by atoms with Crippen molar-refractivity contribution in [1.82, 2.24) is 20.0 Å². The Bertz CT molecular complexity index is 616. The van der Waals surface area contributed by atoms with Gasteiger partial charge in [0, 0.05) is 18.0 Å². The lowest BCUT2D eigenvalue weighted by Crippen LogP contribution is -2.12. The zero-order valence-corrected chi connectivity index (χ0v) is 11.8. The van der Waals surface area contributed by atoms with Gasteiger partial charge in [0.2, 0.25) is 0 Å². The molecule has 6 heteroatoms. The number of hydrogen-bond donors (Lipinski definition) is 1. The summed E-state index contributed by atoms with van der Waals surface area (Å²) in [6.07, 6.45) is 10.2. The highest BCUT2D eigenvalue weighted by Crippen LogP contribution is 2.31. The summed E-state index contributed by atoms with van der Waals surface area (Å²) >= 11 is 0. The monoisotopic (exact) mass is 286 g/mol. The molecular weight excluding hydrogens is 268 g/mol. The first kappa shape index (κ1) is 13.7. The van der Waals surface area contributed by atoms with E-state index in [2.05, 4.69) is 15.3 Å². The Kier molecular flexibility index (Phi) is 3.94. The summed E-state index contributed by atoms with van der Waals surface area (Å²) in [6.45, 7) is 0. The third-order valence-corrected chi connectivity index (χ3v) is 4.00. The molecule has 1 fully saturated rings. The van der Waals surface area contributed by atoms with E-state index in [1.165, 1.54) is 12.8 Å². The molecule has 0 radical (unpaired) electrons. The predicted molar refractivity (Wildman–Crippen MR) is 77.0 cm³/mol. The van der Waals surface area contributed by atoms with Gasteiger partial charge >= 0.3 is 5.97 Å². The molecule has 110 valence electrons. The van der Waals surface area contributed by atoms with E-state index in [1.807, 2.05) is 6.07 Å². The van der Waals surface area contributed by atoms with Crippen molar-refractivity contribution in [1.29, 1.82) is 0 Å². The number of pyridine rings is 1. The van der Waals surface area contributed by atoms with Crippen LogP contribution in [0.5, 0.6) is 0 Å². The molecule has 2 aromatic rings. The number of carboxylic acid groups (broad SMARTS) is 1. The summed E-state index contributed by atoms with van der Waals surface area (Å²) in [5, 5.41) is 17.4. The molecule has 21 heavy (non-hydrogen) atoms. The van der Waals surface area contributed by atoms with Gasteiger partial charge < -0.3 is 5.11 Å². The van der Waals surface area contributed by atoms with E-state index in [9.17, 15) is 9.90 Å². The van der Waals surface area contributed by atoms with Crippen LogP contribution in [0.2, 0.25) is 0 Å². The Morgan fingerprint density at radius 1 is 1.24 bits per heavy atom. The second kappa shape index (κ2) is 6.03. The lowest BCUT2D eigenvalue weighted by molar-refractivity contribution is 0.0691. The summed E-state index contributed by atoms with van der Waals surface area (Å²) in [5.74, 6) is -1.05. The Hall–Kier alpha value is -2.24. The van der Waals surface area contributed by atoms with Crippen LogP contribution in [0.4, 0.5) is 0 Å². The predicted octanol–water partition coefficient (Wildman–Crippen LogP) is 2.93. The smallest absolute Gasteiger partial charge is 0.358 e. The minimum Gasteiger partial charge on any atom is -0.476 e. The number of carbonyl (C=O) groups is 1. The highest BCUT2D eigenvalue weighted by atomic mass is 16.4. The van der Waals surface area contributed by atoms with Gasteiger partial charge in [0.1, 0.15) is 5.69 Å². The van der Waals surface area contributed by atoms with Crippen LogP contribution in [0.15, 0.2) is 24.5 Å². The largest absolute Gasteiger partial charge is 0.476 e. The Balaban J connectivity index is 2.06. The lowest BCUT2D eigenvalue weighted by Gasteiger charge is -2.17. The summed E-state index contributed by atoms with van der Waals surface area (Å²) in [4.78, 5) is 15.5. The SMILES string of the molecule is O=C(O)c1nnn(C2CCCCCC2)c1-c1cccnc1. The van der Waals surface area contributed by atoms with E-state index >= 15 is 0 Å². The van der Waals surface area contributed by atoms with Crippen LogP contribution in [-0.2, 0) is 0 Å². The quantitative estimate of drug-likeness (QED) is 0.877. The maximum absolute atomic E-state index is 11.4. The van der Waals surface area contributed by atoms with Crippen LogP contribution < -0.4 is 0 Å². The maximum Gasteiger partial charge on any atom is 0.358 e. The molecule has 3 rings (SSSR count). The number of nitrogens with zero attached hydrogens (tertiary/aromatic N) is 4. The summed E-state index contributed by atoms with van der Waals surface area (Å²) in [5.41, 5.74) is 1.33. The molecule has 0 spiro atoms. The van der Waals surface area contributed by atoms with Crippen molar-refractivity contribution in [3.05, 3.63) is 30.2 Å². The summed E-state index contributed by atoms with van der Waals surface area (Å²) in [7, 11) is 0. The molecule has 6 nitrogen and oxygen atoms in total. The van der Waals surface area contributed by atoms with Crippen molar-refractivity contribution >= 4 is 5.97 Å². The van der Waals surface area contributed by atoms with Crippen LogP contribution in [0.1, 0.15) is 55.1 Å². The number of aromatic nitrogens is 4. The highest BCUT2D eigenvalue weighted by molar-refractivity contribution is 5.92. The molecule has 0 aliphatic heterocycles. The maximum atomic E-state index is 11.4. The topological polar surface area (TPSA) is 80.9 Å². The van der Waals surface area contributed by atoms with E-state index < -0.39 is 5.97 Å². The van der Waals surface area contributed by atoms with Gasteiger partial charge in [0.25, 0.3) is 0 Å².